The minimum absolute atomic E-state index is 0.308. The lowest BCUT2D eigenvalue weighted by Crippen LogP contribution is -2.35. The van der Waals surface area contributed by atoms with Gasteiger partial charge in [-0.05, 0) is 37.1 Å². The molecular formula is C16H18N2O3. The molecule has 0 heterocycles. The van der Waals surface area contributed by atoms with E-state index in [1.807, 2.05) is 13.0 Å². The summed E-state index contributed by atoms with van der Waals surface area (Å²) in [6.45, 7) is 4.03. The molecule has 0 aromatic heterocycles. The Morgan fingerprint density at radius 2 is 2.05 bits per heavy atom. The molecule has 0 radical (unpaired) electrons. The van der Waals surface area contributed by atoms with E-state index in [2.05, 4.69) is 5.32 Å². The molecule has 5 heteroatoms. The monoisotopic (exact) mass is 286 g/mol. The van der Waals surface area contributed by atoms with Gasteiger partial charge in [0.05, 0.1) is 11.6 Å². The van der Waals surface area contributed by atoms with Gasteiger partial charge in [-0.25, -0.2) is 4.79 Å². The number of benzene rings is 1. The number of amides is 1. The number of nitrogens with one attached hydrogen (secondary N) is 1. The lowest BCUT2D eigenvalue weighted by atomic mass is 10.1. The van der Waals surface area contributed by atoms with Crippen molar-refractivity contribution in [3.05, 3.63) is 41.5 Å². The maximum absolute atomic E-state index is 11.6. The molecular weight excluding hydrogens is 268 g/mol. The number of nitrogens with zero attached hydrogens (tertiary/aromatic N) is 1. The van der Waals surface area contributed by atoms with E-state index in [4.69, 9.17) is 10.00 Å². The van der Waals surface area contributed by atoms with Gasteiger partial charge in [0.1, 0.15) is 0 Å². The standard InChI is InChI=1S/C16H18N2O3/c1-3-10-18-16(20)12(2)21-15(19)9-8-13-4-6-14(11-17)7-5-13/h4-9,12H,3,10H2,1-2H3,(H,18,20)/b9-8+/t12-/m1/s1. The second kappa shape index (κ2) is 8.54. The van der Waals surface area contributed by atoms with E-state index in [-0.39, 0.29) is 5.91 Å². The Kier molecular flexibility index (Phi) is 6.69. The second-order valence-electron chi connectivity index (χ2n) is 4.44. The van der Waals surface area contributed by atoms with E-state index < -0.39 is 12.1 Å². The fourth-order valence-electron chi connectivity index (χ4n) is 1.49. The normalized spacial score (nSPS) is 11.7. The van der Waals surface area contributed by atoms with Crippen molar-refractivity contribution in [2.75, 3.05) is 6.54 Å². The highest BCUT2D eigenvalue weighted by atomic mass is 16.5. The van der Waals surface area contributed by atoms with E-state index in [0.717, 1.165) is 12.0 Å². The number of hydrogen-bond acceptors (Lipinski definition) is 4. The second-order valence-corrected chi connectivity index (χ2v) is 4.44. The zero-order chi connectivity index (χ0) is 15.7. The molecule has 0 saturated heterocycles. The van der Waals surface area contributed by atoms with Crippen molar-refractivity contribution in [1.82, 2.24) is 5.32 Å². The van der Waals surface area contributed by atoms with Gasteiger partial charge in [-0.15, -0.1) is 0 Å². The maximum atomic E-state index is 11.6. The van der Waals surface area contributed by atoms with Crippen LogP contribution in [0.4, 0.5) is 0 Å². The average molecular weight is 286 g/mol. The topological polar surface area (TPSA) is 79.2 Å². The van der Waals surface area contributed by atoms with Crippen molar-refractivity contribution in [3.63, 3.8) is 0 Å². The van der Waals surface area contributed by atoms with Gasteiger partial charge < -0.3 is 10.1 Å². The number of carbonyl (C=O) groups is 2. The minimum Gasteiger partial charge on any atom is -0.449 e. The van der Waals surface area contributed by atoms with Crippen LogP contribution in [0.25, 0.3) is 6.08 Å². The molecule has 1 atom stereocenters. The van der Waals surface area contributed by atoms with E-state index in [9.17, 15) is 9.59 Å². The van der Waals surface area contributed by atoms with Crippen molar-refractivity contribution in [3.8, 4) is 6.07 Å². The predicted molar refractivity (Wildman–Crippen MR) is 79.0 cm³/mol. The first-order valence-corrected chi connectivity index (χ1v) is 6.73. The van der Waals surface area contributed by atoms with Crippen LogP contribution in [0.1, 0.15) is 31.4 Å². The molecule has 1 aromatic carbocycles. The summed E-state index contributed by atoms with van der Waals surface area (Å²) in [4.78, 5) is 23.1. The smallest absolute Gasteiger partial charge is 0.331 e. The summed E-state index contributed by atoms with van der Waals surface area (Å²) in [6, 6.07) is 8.78. The molecule has 21 heavy (non-hydrogen) atoms. The van der Waals surface area contributed by atoms with Crippen LogP contribution in [0.3, 0.4) is 0 Å². The Bertz CT molecular complexity index is 556. The van der Waals surface area contributed by atoms with Crippen LogP contribution in [0.5, 0.6) is 0 Å². The van der Waals surface area contributed by atoms with E-state index in [1.165, 1.54) is 13.0 Å². The summed E-state index contributed by atoms with van der Waals surface area (Å²) >= 11 is 0. The molecule has 0 bridgehead atoms. The van der Waals surface area contributed by atoms with Gasteiger partial charge in [0.15, 0.2) is 6.10 Å². The third-order valence-corrected chi connectivity index (χ3v) is 2.66. The van der Waals surface area contributed by atoms with Gasteiger partial charge in [-0.1, -0.05) is 19.1 Å². The molecule has 1 aromatic rings. The van der Waals surface area contributed by atoms with Crippen LogP contribution in [-0.2, 0) is 14.3 Å². The summed E-state index contributed by atoms with van der Waals surface area (Å²) in [5.74, 6) is -0.893. The van der Waals surface area contributed by atoms with E-state index in [0.29, 0.717) is 12.1 Å². The average Bonchev–Trinajstić information content (AvgIpc) is 2.50. The molecule has 0 aliphatic heterocycles. The fourth-order valence-corrected chi connectivity index (χ4v) is 1.49. The molecule has 0 spiro atoms. The maximum Gasteiger partial charge on any atom is 0.331 e. The first-order valence-electron chi connectivity index (χ1n) is 6.73. The molecule has 0 saturated carbocycles. The lowest BCUT2D eigenvalue weighted by Gasteiger charge is -2.11. The molecule has 0 fully saturated rings. The minimum atomic E-state index is -0.824. The summed E-state index contributed by atoms with van der Waals surface area (Å²) in [7, 11) is 0. The molecule has 110 valence electrons. The highest BCUT2D eigenvalue weighted by Crippen LogP contribution is 2.05. The van der Waals surface area contributed by atoms with Gasteiger partial charge in [0.2, 0.25) is 0 Å². The number of nitriles is 1. The summed E-state index contributed by atoms with van der Waals surface area (Å²) in [6.07, 6.45) is 2.82. The number of rotatable bonds is 6. The fraction of sp³-hybridized carbons (Fsp3) is 0.312. The summed E-state index contributed by atoms with van der Waals surface area (Å²) in [5.41, 5.74) is 1.32. The Labute approximate surface area is 124 Å². The quantitative estimate of drug-likeness (QED) is 0.641. The van der Waals surface area contributed by atoms with Crippen molar-refractivity contribution in [1.29, 1.82) is 5.26 Å². The molecule has 0 aliphatic rings. The third kappa shape index (κ3) is 5.91. The first kappa shape index (κ1) is 16.4. The number of hydrogen-bond donors (Lipinski definition) is 1. The molecule has 5 nitrogen and oxygen atoms in total. The van der Waals surface area contributed by atoms with Crippen molar-refractivity contribution < 1.29 is 14.3 Å². The van der Waals surface area contributed by atoms with Gasteiger partial charge in [-0.3, -0.25) is 4.79 Å². The Morgan fingerprint density at radius 3 is 2.62 bits per heavy atom. The van der Waals surface area contributed by atoms with Crippen molar-refractivity contribution >= 4 is 18.0 Å². The van der Waals surface area contributed by atoms with Crippen molar-refractivity contribution in [2.45, 2.75) is 26.4 Å². The zero-order valence-corrected chi connectivity index (χ0v) is 12.1. The van der Waals surface area contributed by atoms with Crippen LogP contribution in [0.2, 0.25) is 0 Å². The molecule has 1 amide bonds. The summed E-state index contributed by atoms with van der Waals surface area (Å²) < 4.78 is 4.99. The van der Waals surface area contributed by atoms with Gasteiger partial charge in [0.25, 0.3) is 5.91 Å². The molecule has 1 N–H and O–H groups in total. The molecule has 0 aliphatic carbocycles. The largest absolute Gasteiger partial charge is 0.449 e. The zero-order valence-electron chi connectivity index (χ0n) is 12.1. The number of esters is 1. The van der Waals surface area contributed by atoms with Gasteiger partial charge >= 0.3 is 5.97 Å². The molecule has 1 rings (SSSR count). The highest BCUT2D eigenvalue weighted by molar-refractivity contribution is 5.90. The Balaban J connectivity index is 2.50. The third-order valence-electron chi connectivity index (χ3n) is 2.66. The molecule has 0 unspecified atom stereocenters. The van der Waals surface area contributed by atoms with Gasteiger partial charge in [-0.2, -0.15) is 5.26 Å². The SMILES string of the molecule is CCCNC(=O)[C@@H](C)OC(=O)/C=C/c1ccc(C#N)cc1. The first-order chi connectivity index (χ1) is 10.1. The van der Waals surface area contributed by atoms with Gasteiger partial charge in [0, 0.05) is 12.6 Å². The predicted octanol–water partition coefficient (Wildman–Crippen LogP) is 2.03. The Hall–Kier alpha value is -2.61. The number of ether oxygens (including phenoxy) is 1. The van der Waals surface area contributed by atoms with Crippen LogP contribution in [-0.4, -0.2) is 24.5 Å². The summed E-state index contributed by atoms with van der Waals surface area (Å²) in [5, 5.41) is 11.3. The van der Waals surface area contributed by atoms with Crippen LogP contribution >= 0.6 is 0 Å². The number of carbonyl (C=O) groups excluding carboxylic acids is 2. The van der Waals surface area contributed by atoms with Crippen LogP contribution in [0, 0.1) is 11.3 Å². The Morgan fingerprint density at radius 1 is 1.38 bits per heavy atom. The van der Waals surface area contributed by atoms with E-state index in [1.54, 1.807) is 30.3 Å². The van der Waals surface area contributed by atoms with Crippen LogP contribution in [0.15, 0.2) is 30.3 Å². The van der Waals surface area contributed by atoms with Crippen molar-refractivity contribution in [2.24, 2.45) is 0 Å². The highest BCUT2D eigenvalue weighted by Gasteiger charge is 2.15. The van der Waals surface area contributed by atoms with Crippen LogP contribution < -0.4 is 5.32 Å². The van der Waals surface area contributed by atoms with E-state index >= 15 is 0 Å². The lowest BCUT2D eigenvalue weighted by molar-refractivity contribution is -0.150.